The fraction of sp³-hybridized carbons (Fsp3) is 0.235. The van der Waals surface area contributed by atoms with Crippen LogP contribution in [-0.4, -0.2) is 19.6 Å². The van der Waals surface area contributed by atoms with Gasteiger partial charge in [0.15, 0.2) is 6.61 Å². The van der Waals surface area contributed by atoms with Crippen molar-refractivity contribution in [3.63, 3.8) is 0 Å². The average Bonchev–Trinajstić information content (AvgIpc) is 2.49. The van der Waals surface area contributed by atoms with Crippen LogP contribution < -0.4 is 14.8 Å². The normalized spacial score (nSPS) is 10.2. The van der Waals surface area contributed by atoms with Gasteiger partial charge in [0.25, 0.3) is 5.91 Å². The molecule has 2 aromatic carbocycles. The highest BCUT2D eigenvalue weighted by Gasteiger charge is 2.11. The number of benzene rings is 2. The Hall–Kier alpha value is -2.20. The summed E-state index contributed by atoms with van der Waals surface area (Å²) in [5.41, 5.74) is 2.51. The van der Waals surface area contributed by atoms with Crippen LogP contribution in [0, 0.1) is 13.8 Å². The van der Waals surface area contributed by atoms with Crippen LogP contribution in [0.1, 0.15) is 11.1 Å². The summed E-state index contributed by atoms with van der Waals surface area (Å²) in [7, 11) is 1.53. The van der Waals surface area contributed by atoms with Crippen molar-refractivity contribution in [2.45, 2.75) is 13.8 Å². The van der Waals surface area contributed by atoms with E-state index in [1.807, 2.05) is 38.1 Å². The molecule has 5 heteroatoms. The van der Waals surface area contributed by atoms with E-state index in [2.05, 4.69) is 5.32 Å². The first-order chi connectivity index (χ1) is 10.5. The molecular formula is C17H18ClNO3. The van der Waals surface area contributed by atoms with Crippen molar-refractivity contribution >= 4 is 23.2 Å². The highest BCUT2D eigenvalue weighted by molar-refractivity contribution is 6.31. The van der Waals surface area contributed by atoms with Gasteiger partial charge in [0.2, 0.25) is 0 Å². The van der Waals surface area contributed by atoms with E-state index in [4.69, 9.17) is 21.1 Å². The number of carbonyl (C=O) groups excluding carboxylic acids is 1. The van der Waals surface area contributed by atoms with E-state index >= 15 is 0 Å². The molecule has 0 bridgehead atoms. The average molecular weight is 320 g/mol. The predicted molar refractivity (Wildman–Crippen MR) is 88.0 cm³/mol. The summed E-state index contributed by atoms with van der Waals surface area (Å²) in [5.74, 6) is 0.912. The zero-order valence-electron chi connectivity index (χ0n) is 12.8. The Morgan fingerprint density at radius 2 is 2.00 bits per heavy atom. The molecule has 0 saturated heterocycles. The Kier molecular flexibility index (Phi) is 5.28. The van der Waals surface area contributed by atoms with Gasteiger partial charge in [-0.2, -0.15) is 0 Å². The van der Waals surface area contributed by atoms with Gasteiger partial charge in [0, 0.05) is 11.1 Å². The number of amides is 1. The molecular weight excluding hydrogens is 302 g/mol. The summed E-state index contributed by atoms with van der Waals surface area (Å²) in [4.78, 5) is 12.0. The first kappa shape index (κ1) is 16.2. The number of hydrogen-bond acceptors (Lipinski definition) is 3. The molecule has 0 fully saturated rings. The third kappa shape index (κ3) is 4.15. The second-order valence-corrected chi connectivity index (χ2v) is 5.36. The number of hydrogen-bond donors (Lipinski definition) is 1. The zero-order valence-corrected chi connectivity index (χ0v) is 13.5. The molecule has 2 rings (SSSR count). The van der Waals surface area contributed by atoms with E-state index < -0.39 is 0 Å². The molecule has 0 heterocycles. The largest absolute Gasteiger partial charge is 0.495 e. The first-order valence-corrected chi connectivity index (χ1v) is 7.21. The number of methoxy groups -OCH3 is 1. The maximum Gasteiger partial charge on any atom is 0.262 e. The van der Waals surface area contributed by atoms with Gasteiger partial charge in [-0.05, 0) is 43.2 Å². The lowest BCUT2D eigenvalue weighted by Crippen LogP contribution is -2.20. The van der Waals surface area contributed by atoms with Gasteiger partial charge in [0.1, 0.15) is 11.5 Å². The molecule has 0 aromatic heterocycles. The Morgan fingerprint density at radius 1 is 1.23 bits per heavy atom. The fourth-order valence-electron chi connectivity index (χ4n) is 1.97. The Labute approximate surface area is 135 Å². The van der Waals surface area contributed by atoms with Crippen molar-refractivity contribution in [3.8, 4) is 11.5 Å². The van der Waals surface area contributed by atoms with Crippen LogP contribution in [0.25, 0.3) is 0 Å². The number of rotatable bonds is 5. The van der Waals surface area contributed by atoms with E-state index in [9.17, 15) is 4.79 Å². The fourth-order valence-corrected chi connectivity index (χ4v) is 2.12. The van der Waals surface area contributed by atoms with Gasteiger partial charge in [-0.25, -0.2) is 0 Å². The lowest BCUT2D eigenvalue weighted by Gasteiger charge is -2.13. The number of aryl methyl sites for hydroxylation is 2. The standard InChI is InChI=1S/C17H18ClNO3/c1-11-5-4-6-13(7-11)22-10-17(20)19-15-8-12(2)14(18)9-16(15)21-3/h4-9H,10H2,1-3H3,(H,19,20). The molecule has 0 unspecified atom stereocenters. The number of ether oxygens (including phenoxy) is 2. The van der Waals surface area contributed by atoms with Crippen LogP contribution >= 0.6 is 11.6 Å². The van der Waals surface area contributed by atoms with Crippen LogP contribution in [0.4, 0.5) is 5.69 Å². The van der Waals surface area contributed by atoms with E-state index in [0.29, 0.717) is 22.2 Å². The van der Waals surface area contributed by atoms with Gasteiger partial charge in [-0.3, -0.25) is 4.79 Å². The van der Waals surface area contributed by atoms with E-state index in [1.54, 1.807) is 12.1 Å². The maximum atomic E-state index is 12.0. The van der Waals surface area contributed by atoms with Crippen molar-refractivity contribution in [1.29, 1.82) is 0 Å². The Balaban J connectivity index is 2.01. The molecule has 0 spiro atoms. The second kappa shape index (κ2) is 7.18. The number of anilines is 1. The quantitative estimate of drug-likeness (QED) is 0.906. The topological polar surface area (TPSA) is 47.6 Å². The summed E-state index contributed by atoms with van der Waals surface area (Å²) >= 11 is 6.04. The molecule has 0 aliphatic carbocycles. The lowest BCUT2D eigenvalue weighted by molar-refractivity contribution is -0.118. The van der Waals surface area contributed by atoms with E-state index in [1.165, 1.54) is 7.11 Å². The summed E-state index contributed by atoms with van der Waals surface area (Å²) < 4.78 is 10.7. The van der Waals surface area contributed by atoms with Crippen molar-refractivity contribution in [2.24, 2.45) is 0 Å². The highest BCUT2D eigenvalue weighted by atomic mass is 35.5. The Bertz CT molecular complexity index is 686. The number of halogens is 1. The van der Waals surface area contributed by atoms with E-state index in [0.717, 1.165) is 11.1 Å². The van der Waals surface area contributed by atoms with Crippen molar-refractivity contribution in [3.05, 3.63) is 52.5 Å². The van der Waals surface area contributed by atoms with Crippen LogP contribution in [0.3, 0.4) is 0 Å². The van der Waals surface area contributed by atoms with Crippen molar-refractivity contribution in [1.82, 2.24) is 0 Å². The molecule has 0 radical (unpaired) electrons. The van der Waals surface area contributed by atoms with Gasteiger partial charge in [-0.15, -0.1) is 0 Å². The summed E-state index contributed by atoms with van der Waals surface area (Å²) in [6, 6.07) is 11.0. The number of nitrogens with one attached hydrogen (secondary N) is 1. The summed E-state index contributed by atoms with van der Waals surface area (Å²) in [6.07, 6.45) is 0. The van der Waals surface area contributed by atoms with Crippen LogP contribution in [0.5, 0.6) is 11.5 Å². The van der Waals surface area contributed by atoms with Crippen molar-refractivity contribution < 1.29 is 14.3 Å². The third-order valence-electron chi connectivity index (χ3n) is 3.11. The van der Waals surface area contributed by atoms with Crippen LogP contribution in [0.2, 0.25) is 5.02 Å². The first-order valence-electron chi connectivity index (χ1n) is 6.83. The van der Waals surface area contributed by atoms with E-state index in [-0.39, 0.29) is 12.5 Å². The molecule has 0 aliphatic heterocycles. The molecule has 4 nitrogen and oxygen atoms in total. The van der Waals surface area contributed by atoms with Gasteiger partial charge in [0.05, 0.1) is 12.8 Å². The molecule has 22 heavy (non-hydrogen) atoms. The van der Waals surface area contributed by atoms with Gasteiger partial charge in [-0.1, -0.05) is 23.7 Å². The number of carbonyl (C=O) groups is 1. The minimum atomic E-state index is -0.262. The zero-order chi connectivity index (χ0) is 16.1. The molecule has 1 N–H and O–H groups in total. The van der Waals surface area contributed by atoms with Crippen molar-refractivity contribution in [2.75, 3.05) is 19.0 Å². The molecule has 0 saturated carbocycles. The Morgan fingerprint density at radius 3 is 2.68 bits per heavy atom. The molecule has 2 aromatic rings. The molecule has 116 valence electrons. The van der Waals surface area contributed by atoms with Gasteiger partial charge >= 0.3 is 0 Å². The monoisotopic (exact) mass is 319 g/mol. The van der Waals surface area contributed by atoms with Gasteiger partial charge < -0.3 is 14.8 Å². The molecule has 0 aliphatic rings. The second-order valence-electron chi connectivity index (χ2n) is 4.96. The smallest absolute Gasteiger partial charge is 0.262 e. The summed E-state index contributed by atoms with van der Waals surface area (Å²) in [6.45, 7) is 3.75. The SMILES string of the molecule is COc1cc(Cl)c(C)cc1NC(=O)COc1cccc(C)c1. The lowest BCUT2D eigenvalue weighted by atomic mass is 10.2. The minimum Gasteiger partial charge on any atom is -0.495 e. The third-order valence-corrected chi connectivity index (χ3v) is 3.52. The predicted octanol–water partition coefficient (Wildman–Crippen LogP) is 3.98. The maximum absolute atomic E-state index is 12.0. The molecule has 0 atom stereocenters. The summed E-state index contributed by atoms with van der Waals surface area (Å²) in [5, 5.41) is 3.36. The van der Waals surface area contributed by atoms with Crippen LogP contribution in [-0.2, 0) is 4.79 Å². The molecule has 1 amide bonds. The minimum absolute atomic E-state index is 0.0751. The highest BCUT2D eigenvalue weighted by Crippen LogP contribution is 2.30. The van der Waals surface area contributed by atoms with Crippen LogP contribution in [0.15, 0.2) is 36.4 Å².